The van der Waals surface area contributed by atoms with Gasteiger partial charge in [-0.05, 0) is 49.6 Å². The summed E-state index contributed by atoms with van der Waals surface area (Å²) in [5.74, 6) is 1.33. The number of likely N-dealkylation sites (tertiary alicyclic amines) is 1. The normalized spacial score (nSPS) is 31.9. The fourth-order valence-electron chi connectivity index (χ4n) is 4.19. The molecule has 1 saturated heterocycles. The van der Waals surface area contributed by atoms with Crippen molar-refractivity contribution in [3.05, 3.63) is 35.9 Å². The van der Waals surface area contributed by atoms with Gasteiger partial charge in [-0.15, -0.1) is 0 Å². The van der Waals surface area contributed by atoms with Crippen LogP contribution in [-0.4, -0.2) is 29.2 Å². The van der Waals surface area contributed by atoms with E-state index >= 15 is 0 Å². The maximum absolute atomic E-state index is 9.69. The molecule has 2 heteroatoms. The first-order valence-corrected chi connectivity index (χ1v) is 7.77. The van der Waals surface area contributed by atoms with Crippen molar-refractivity contribution < 1.29 is 5.11 Å². The summed E-state index contributed by atoms with van der Waals surface area (Å²) < 4.78 is 0. The highest BCUT2D eigenvalue weighted by molar-refractivity contribution is 5.15. The molecule has 2 aliphatic rings. The Morgan fingerprint density at radius 2 is 1.84 bits per heavy atom. The number of hydrogen-bond donors (Lipinski definition) is 1. The Bertz CT molecular complexity index is 383. The Kier molecular flexibility index (Phi) is 4.19. The van der Waals surface area contributed by atoms with Crippen LogP contribution in [0.2, 0.25) is 0 Å². The van der Waals surface area contributed by atoms with Crippen LogP contribution < -0.4 is 0 Å². The van der Waals surface area contributed by atoms with Crippen LogP contribution in [-0.2, 0) is 6.54 Å². The van der Waals surface area contributed by atoms with Gasteiger partial charge >= 0.3 is 0 Å². The molecule has 1 heterocycles. The van der Waals surface area contributed by atoms with Crippen molar-refractivity contribution in [2.45, 2.75) is 44.7 Å². The molecule has 2 fully saturated rings. The van der Waals surface area contributed by atoms with E-state index in [-0.39, 0.29) is 0 Å². The van der Waals surface area contributed by atoms with Gasteiger partial charge < -0.3 is 5.11 Å². The third-order valence-corrected chi connectivity index (χ3v) is 5.02. The van der Waals surface area contributed by atoms with E-state index in [4.69, 9.17) is 0 Å². The van der Waals surface area contributed by atoms with E-state index in [0.717, 1.165) is 12.5 Å². The van der Waals surface area contributed by atoms with Crippen LogP contribution in [0.1, 0.15) is 37.7 Å². The second-order valence-electron chi connectivity index (χ2n) is 6.22. The minimum absolute atomic E-state index is 0.368. The van der Waals surface area contributed by atoms with Gasteiger partial charge in [-0.3, -0.25) is 4.90 Å². The molecule has 1 saturated carbocycles. The van der Waals surface area contributed by atoms with Crippen LogP contribution in [0.4, 0.5) is 0 Å². The van der Waals surface area contributed by atoms with Gasteiger partial charge in [0.25, 0.3) is 0 Å². The number of piperidine rings is 1. The zero-order chi connectivity index (χ0) is 13.1. The minimum Gasteiger partial charge on any atom is -0.396 e. The molecule has 0 radical (unpaired) electrons. The molecule has 2 nitrogen and oxygen atoms in total. The van der Waals surface area contributed by atoms with Crippen molar-refractivity contribution in [1.29, 1.82) is 0 Å². The van der Waals surface area contributed by atoms with Gasteiger partial charge in [0.2, 0.25) is 0 Å². The lowest BCUT2D eigenvalue weighted by Gasteiger charge is -2.48. The average Bonchev–Trinajstić information content (AvgIpc) is 2.48. The number of aliphatic hydroxyl groups is 1. The second kappa shape index (κ2) is 6.06. The summed E-state index contributed by atoms with van der Waals surface area (Å²) in [6, 6.07) is 11.4. The zero-order valence-corrected chi connectivity index (χ0v) is 11.7. The topological polar surface area (TPSA) is 23.5 Å². The van der Waals surface area contributed by atoms with Gasteiger partial charge in [0.05, 0.1) is 0 Å². The lowest BCUT2D eigenvalue weighted by Crippen LogP contribution is -2.51. The predicted octanol–water partition coefficient (Wildman–Crippen LogP) is 3.06. The molecule has 0 spiro atoms. The fourth-order valence-corrected chi connectivity index (χ4v) is 4.19. The third kappa shape index (κ3) is 2.85. The molecular formula is C17H25NO. The Labute approximate surface area is 116 Å². The lowest BCUT2D eigenvalue weighted by atomic mass is 9.72. The molecule has 3 rings (SSSR count). The highest BCUT2D eigenvalue weighted by atomic mass is 16.3. The summed E-state index contributed by atoms with van der Waals surface area (Å²) in [5.41, 5.74) is 1.41. The highest BCUT2D eigenvalue weighted by Crippen LogP contribution is 2.39. The molecule has 3 atom stereocenters. The number of nitrogens with zero attached hydrogens (tertiary/aromatic N) is 1. The van der Waals surface area contributed by atoms with Crippen molar-refractivity contribution >= 4 is 0 Å². The monoisotopic (exact) mass is 259 g/mol. The Morgan fingerprint density at radius 1 is 1.05 bits per heavy atom. The molecule has 1 aliphatic heterocycles. The van der Waals surface area contributed by atoms with E-state index in [9.17, 15) is 5.11 Å². The van der Waals surface area contributed by atoms with Crippen molar-refractivity contribution in [3.8, 4) is 0 Å². The Morgan fingerprint density at radius 3 is 2.63 bits per heavy atom. The number of hydrogen-bond acceptors (Lipinski definition) is 2. The van der Waals surface area contributed by atoms with Gasteiger partial charge in [-0.25, -0.2) is 0 Å². The summed E-state index contributed by atoms with van der Waals surface area (Å²) in [5, 5.41) is 9.69. The van der Waals surface area contributed by atoms with Crippen LogP contribution in [0.3, 0.4) is 0 Å². The SMILES string of the molecule is OC[C@H]1CCC[C@H]2CCCN(Cc3ccccc3)[C@H]21. The van der Waals surface area contributed by atoms with Crippen molar-refractivity contribution in [2.75, 3.05) is 13.2 Å². The molecule has 104 valence electrons. The van der Waals surface area contributed by atoms with Crippen LogP contribution in [0.5, 0.6) is 0 Å². The predicted molar refractivity (Wildman–Crippen MR) is 77.8 cm³/mol. The molecule has 0 bridgehead atoms. The fraction of sp³-hybridized carbons (Fsp3) is 0.647. The zero-order valence-electron chi connectivity index (χ0n) is 11.7. The van der Waals surface area contributed by atoms with E-state index in [2.05, 4.69) is 35.2 Å². The van der Waals surface area contributed by atoms with E-state index in [1.54, 1.807) is 0 Å². The molecule has 19 heavy (non-hydrogen) atoms. The van der Waals surface area contributed by atoms with Crippen LogP contribution in [0.15, 0.2) is 30.3 Å². The molecular weight excluding hydrogens is 234 g/mol. The lowest BCUT2D eigenvalue weighted by molar-refractivity contribution is -0.00730. The van der Waals surface area contributed by atoms with Crippen molar-refractivity contribution in [1.82, 2.24) is 4.90 Å². The molecule has 1 N–H and O–H groups in total. The van der Waals surface area contributed by atoms with Crippen molar-refractivity contribution in [3.63, 3.8) is 0 Å². The molecule has 1 aliphatic carbocycles. The number of aliphatic hydroxyl groups excluding tert-OH is 1. The summed E-state index contributed by atoms with van der Waals surface area (Å²) in [6.07, 6.45) is 6.58. The number of rotatable bonds is 3. The van der Waals surface area contributed by atoms with Crippen molar-refractivity contribution in [2.24, 2.45) is 11.8 Å². The highest BCUT2D eigenvalue weighted by Gasteiger charge is 2.38. The smallest absolute Gasteiger partial charge is 0.0474 e. The van der Waals surface area contributed by atoms with Gasteiger partial charge in [0.1, 0.15) is 0 Å². The molecule has 1 aromatic carbocycles. The molecule has 0 unspecified atom stereocenters. The largest absolute Gasteiger partial charge is 0.396 e. The summed E-state index contributed by atoms with van der Waals surface area (Å²) in [6.45, 7) is 2.62. The maximum atomic E-state index is 9.69. The van der Waals surface area contributed by atoms with Gasteiger partial charge in [-0.1, -0.05) is 36.8 Å². The summed E-state index contributed by atoms with van der Waals surface area (Å²) >= 11 is 0. The number of benzene rings is 1. The van der Waals surface area contributed by atoms with Crippen LogP contribution >= 0.6 is 0 Å². The summed E-state index contributed by atoms with van der Waals surface area (Å²) in [7, 11) is 0. The summed E-state index contributed by atoms with van der Waals surface area (Å²) in [4.78, 5) is 2.64. The number of fused-ring (bicyclic) bond motifs is 1. The van der Waals surface area contributed by atoms with Gasteiger partial charge in [0.15, 0.2) is 0 Å². The van der Waals surface area contributed by atoms with E-state index in [1.165, 1.54) is 44.2 Å². The third-order valence-electron chi connectivity index (χ3n) is 5.02. The Hall–Kier alpha value is -0.860. The van der Waals surface area contributed by atoms with E-state index in [1.807, 2.05) is 0 Å². The quantitative estimate of drug-likeness (QED) is 0.902. The molecule has 1 aromatic rings. The minimum atomic E-state index is 0.368. The first-order valence-electron chi connectivity index (χ1n) is 7.77. The van der Waals surface area contributed by atoms with E-state index in [0.29, 0.717) is 18.6 Å². The standard InChI is InChI=1S/C17H25NO/c19-13-16-9-4-8-15-10-5-11-18(17(15)16)12-14-6-2-1-3-7-14/h1-3,6-7,15-17,19H,4-5,8-13H2/t15-,16+,17+/m0/s1. The van der Waals surface area contributed by atoms with Crippen LogP contribution in [0, 0.1) is 11.8 Å². The Balaban J connectivity index is 1.75. The first-order chi connectivity index (χ1) is 9.38. The molecule has 0 aromatic heterocycles. The second-order valence-corrected chi connectivity index (χ2v) is 6.22. The van der Waals surface area contributed by atoms with Gasteiger partial charge in [0, 0.05) is 19.2 Å². The van der Waals surface area contributed by atoms with E-state index < -0.39 is 0 Å². The average molecular weight is 259 g/mol. The first kappa shape index (κ1) is 13.1. The van der Waals surface area contributed by atoms with Gasteiger partial charge in [-0.2, -0.15) is 0 Å². The molecule has 0 amide bonds. The maximum Gasteiger partial charge on any atom is 0.0474 e. The van der Waals surface area contributed by atoms with Crippen LogP contribution in [0.25, 0.3) is 0 Å².